The molecule has 1 aliphatic heterocycles. The predicted molar refractivity (Wildman–Crippen MR) is 55.4 cm³/mol. The van der Waals surface area contributed by atoms with Crippen molar-refractivity contribution < 1.29 is 9.90 Å². The Hall–Kier alpha value is -0.610. The highest BCUT2D eigenvalue weighted by Crippen LogP contribution is 2.14. The van der Waals surface area contributed by atoms with Gasteiger partial charge in [0, 0.05) is 12.6 Å². The number of hydrogen-bond acceptors (Lipinski definition) is 3. The number of likely N-dealkylation sites (tertiary alicyclic amines) is 1. The van der Waals surface area contributed by atoms with Gasteiger partial charge in [0.05, 0.1) is 6.54 Å². The van der Waals surface area contributed by atoms with Crippen LogP contribution in [0.5, 0.6) is 0 Å². The van der Waals surface area contributed by atoms with E-state index in [2.05, 4.69) is 11.8 Å². The third-order valence-corrected chi connectivity index (χ3v) is 2.80. The zero-order valence-electron chi connectivity index (χ0n) is 9.07. The molecule has 0 aliphatic carbocycles. The highest BCUT2D eigenvalue weighted by Gasteiger charge is 2.25. The summed E-state index contributed by atoms with van der Waals surface area (Å²) in [6, 6.07) is 0.428. The van der Waals surface area contributed by atoms with E-state index in [1.165, 1.54) is 6.42 Å². The first-order chi connectivity index (χ1) is 6.63. The van der Waals surface area contributed by atoms with Crippen molar-refractivity contribution in [1.82, 2.24) is 9.80 Å². The maximum Gasteiger partial charge on any atom is 0.317 e. The van der Waals surface area contributed by atoms with E-state index in [9.17, 15) is 4.79 Å². The Balaban J connectivity index is 2.30. The van der Waals surface area contributed by atoms with Gasteiger partial charge in [0.15, 0.2) is 0 Å². The van der Waals surface area contributed by atoms with Crippen LogP contribution >= 0.6 is 0 Å². The van der Waals surface area contributed by atoms with Crippen molar-refractivity contribution in [2.75, 3.05) is 33.2 Å². The Labute approximate surface area is 85.5 Å². The Kier molecular flexibility index (Phi) is 4.35. The molecule has 14 heavy (non-hydrogen) atoms. The van der Waals surface area contributed by atoms with Crippen LogP contribution in [0.25, 0.3) is 0 Å². The number of aliphatic carboxylic acids is 1. The van der Waals surface area contributed by atoms with Crippen molar-refractivity contribution in [3.05, 3.63) is 0 Å². The fourth-order valence-electron chi connectivity index (χ4n) is 2.03. The molecule has 1 aliphatic rings. The summed E-state index contributed by atoms with van der Waals surface area (Å²) in [5, 5.41) is 8.66. The molecule has 0 spiro atoms. The van der Waals surface area contributed by atoms with Crippen LogP contribution in [0.4, 0.5) is 0 Å². The molecule has 0 saturated carbocycles. The molecule has 4 nitrogen and oxygen atoms in total. The molecule has 0 aromatic heterocycles. The number of rotatable bonds is 5. The number of carboxylic acids is 1. The minimum absolute atomic E-state index is 0.157. The molecule has 0 aromatic rings. The van der Waals surface area contributed by atoms with Crippen molar-refractivity contribution in [1.29, 1.82) is 0 Å². The zero-order valence-corrected chi connectivity index (χ0v) is 9.07. The van der Waals surface area contributed by atoms with E-state index in [-0.39, 0.29) is 6.54 Å². The lowest BCUT2D eigenvalue weighted by atomic mass is 10.2. The van der Waals surface area contributed by atoms with Crippen LogP contribution in [0.1, 0.15) is 19.8 Å². The molecule has 82 valence electrons. The molecule has 4 heteroatoms. The Morgan fingerprint density at radius 3 is 2.93 bits per heavy atom. The molecule has 0 radical (unpaired) electrons. The van der Waals surface area contributed by atoms with Crippen molar-refractivity contribution in [3.8, 4) is 0 Å². The van der Waals surface area contributed by atoms with Gasteiger partial charge in [0.2, 0.25) is 0 Å². The summed E-state index contributed by atoms with van der Waals surface area (Å²) in [7, 11) is 1.90. The lowest BCUT2D eigenvalue weighted by molar-refractivity contribution is -0.138. The summed E-state index contributed by atoms with van der Waals surface area (Å²) in [6.45, 7) is 5.61. The summed E-state index contributed by atoms with van der Waals surface area (Å²) in [6.07, 6.45) is 2.28. The van der Waals surface area contributed by atoms with Crippen molar-refractivity contribution in [2.24, 2.45) is 0 Å². The molecule has 1 atom stereocenters. The number of carboxylic acid groups (broad SMARTS) is 1. The summed E-state index contributed by atoms with van der Waals surface area (Å²) in [5.74, 6) is -0.735. The minimum Gasteiger partial charge on any atom is -0.480 e. The number of likely N-dealkylation sites (N-methyl/N-ethyl adjacent to an activating group) is 1. The molecular formula is C10H20N2O2. The van der Waals surface area contributed by atoms with Crippen LogP contribution in [0.2, 0.25) is 0 Å². The SMILES string of the molecule is CCCN1CCC(N(C)CC(=O)O)C1. The molecule has 1 saturated heterocycles. The second kappa shape index (κ2) is 5.32. The van der Waals surface area contributed by atoms with Crippen molar-refractivity contribution in [3.63, 3.8) is 0 Å². The Morgan fingerprint density at radius 2 is 2.36 bits per heavy atom. The van der Waals surface area contributed by atoms with Gasteiger partial charge in [-0.3, -0.25) is 9.69 Å². The summed E-state index contributed by atoms with van der Waals surface area (Å²) in [4.78, 5) is 14.9. The van der Waals surface area contributed by atoms with Crippen LogP contribution in [-0.2, 0) is 4.79 Å². The van der Waals surface area contributed by atoms with Crippen LogP contribution < -0.4 is 0 Å². The summed E-state index contributed by atoms with van der Waals surface area (Å²) < 4.78 is 0. The lowest BCUT2D eigenvalue weighted by Gasteiger charge is -2.22. The van der Waals surface area contributed by atoms with E-state index in [1.54, 1.807) is 0 Å². The smallest absolute Gasteiger partial charge is 0.317 e. The van der Waals surface area contributed by atoms with E-state index < -0.39 is 5.97 Å². The van der Waals surface area contributed by atoms with Crippen molar-refractivity contribution in [2.45, 2.75) is 25.8 Å². The fourth-order valence-corrected chi connectivity index (χ4v) is 2.03. The molecule has 1 heterocycles. The third kappa shape index (κ3) is 3.27. The van der Waals surface area contributed by atoms with Gasteiger partial charge >= 0.3 is 5.97 Å². The molecule has 1 N–H and O–H groups in total. The van der Waals surface area contributed by atoms with E-state index in [1.807, 2.05) is 11.9 Å². The topological polar surface area (TPSA) is 43.8 Å². The fraction of sp³-hybridized carbons (Fsp3) is 0.900. The normalized spacial score (nSPS) is 23.2. The van der Waals surface area contributed by atoms with Gasteiger partial charge in [-0.15, -0.1) is 0 Å². The van der Waals surface area contributed by atoms with Gasteiger partial charge in [0.25, 0.3) is 0 Å². The monoisotopic (exact) mass is 200 g/mol. The highest BCUT2D eigenvalue weighted by atomic mass is 16.4. The Morgan fingerprint density at radius 1 is 1.64 bits per heavy atom. The van der Waals surface area contributed by atoms with Crippen LogP contribution in [0.15, 0.2) is 0 Å². The standard InChI is InChI=1S/C10H20N2O2/c1-3-5-12-6-4-9(7-12)11(2)8-10(13)14/h9H,3-8H2,1-2H3,(H,13,14). The molecular weight excluding hydrogens is 180 g/mol. The van der Waals surface area contributed by atoms with Crippen LogP contribution in [-0.4, -0.2) is 60.1 Å². The van der Waals surface area contributed by atoms with Gasteiger partial charge in [0.1, 0.15) is 0 Å². The number of hydrogen-bond donors (Lipinski definition) is 1. The average Bonchev–Trinajstić information content (AvgIpc) is 2.52. The van der Waals surface area contributed by atoms with Crippen LogP contribution in [0, 0.1) is 0 Å². The average molecular weight is 200 g/mol. The largest absolute Gasteiger partial charge is 0.480 e. The molecule has 1 rings (SSSR count). The molecule has 0 amide bonds. The van der Waals surface area contributed by atoms with E-state index in [0.29, 0.717) is 6.04 Å². The molecule has 0 bridgehead atoms. The lowest BCUT2D eigenvalue weighted by Crippen LogP contribution is -2.37. The second-order valence-corrected chi connectivity index (χ2v) is 4.05. The number of nitrogens with zero attached hydrogens (tertiary/aromatic N) is 2. The Bertz CT molecular complexity index is 197. The summed E-state index contributed by atoms with van der Waals surface area (Å²) >= 11 is 0. The molecule has 1 unspecified atom stereocenters. The zero-order chi connectivity index (χ0) is 10.6. The van der Waals surface area contributed by atoms with E-state index in [4.69, 9.17) is 5.11 Å². The van der Waals surface area contributed by atoms with Gasteiger partial charge in [-0.2, -0.15) is 0 Å². The quantitative estimate of drug-likeness (QED) is 0.701. The van der Waals surface area contributed by atoms with E-state index >= 15 is 0 Å². The first-order valence-electron chi connectivity index (χ1n) is 5.28. The van der Waals surface area contributed by atoms with Crippen LogP contribution in [0.3, 0.4) is 0 Å². The number of carbonyl (C=O) groups is 1. The first-order valence-corrected chi connectivity index (χ1v) is 5.28. The maximum atomic E-state index is 10.5. The van der Waals surface area contributed by atoms with Crippen molar-refractivity contribution >= 4 is 5.97 Å². The van der Waals surface area contributed by atoms with Gasteiger partial charge in [-0.25, -0.2) is 0 Å². The summed E-state index contributed by atoms with van der Waals surface area (Å²) in [5.41, 5.74) is 0. The second-order valence-electron chi connectivity index (χ2n) is 4.05. The molecule has 1 fully saturated rings. The predicted octanol–water partition coefficient (Wildman–Crippen LogP) is 0.487. The third-order valence-electron chi connectivity index (χ3n) is 2.80. The first kappa shape index (κ1) is 11.5. The minimum atomic E-state index is -0.735. The van der Waals surface area contributed by atoms with Gasteiger partial charge in [-0.1, -0.05) is 6.92 Å². The van der Waals surface area contributed by atoms with Gasteiger partial charge < -0.3 is 10.0 Å². The van der Waals surface area contributed by atoms with E-state index in [0.717, 1.165) is 26.1 Å². The highest BCUT2D eigenvalue weighted by molar-refractivity contribution is 5.69. The maximum absolute atomic E-state index is 10.5. The van der Waals surface area contributed by atoms with Gasteiger partial charge in [-0.05, 0) is 33.0 Å². The molecule has 0 aromatic carbocycles.